The molecule has 0 aliphatic heterocycles. The molecule has 0 spiro atoms. The van der Waals surface area contributed by atoms with Crippen LogP contribution in [0.5, 0.6) is 0 Å². The van der Waals surface area contributed by atoms with Crippen molar-refractivity contribution in [1.29, 1.82) is 0 Å². The van der Waals surface area contributed by atoms with Gasteiger partial charge in [-0.05, 0) is 45.0 Å². The van der Waals surface area contributed by atoms with Gasteiger partial charge in [-0.2, -0.15) is 0 Å². The van der Waals surface area contributed by atoms with Gasteiger partial charge in [-0.15, -0.1) is 0 Å². The molecule has 0 saturated heterocycles. The lowest BCUT2D eigenvalue weighted by Crippen LogP contribution is -2.57. The van der Waals surface area contributed by atoms with Crippen molar-refractivity contribution >= 4 is 40.8 Å². The zero-order chi connectivity index (χ0) is 18.6. The summed E-state index contributed by atoms with van der Waals surface area (Å²) in [5.41, 5.74) is 2.78. The number of urea groups is 1. The first kappa shape index (κ1) is 19.1. The number of nitrogens with one attached hydrogen (secondary N) is 2. The molecule has 0 aromatic heterocycles. The van der Waals surface area contributed by atoms with Crippen molar-refractivity contribution in [2.45, 2.75) is 26.3 Å². The summed E-state index contributed by atoms with van der Waals surface area (Å²) < 4.78 is 0. The minimum Gasteiger partial charge on any atom is -0.305 e. The highest BCUT2D eigenvalue weighted by Crippen LogP contribution is 2.30. The van der Waals surface area contributed by atoms with Crippen LogP contribution in [0.25, 0.3) is 0 Å². The van der Waals surface area contributed by atoms with Crippen molar-refractivity contribution in [2.24, 2.45) is 0 Å². The fourth-order valence-electron chi connectivity index (χ4n) is 2.05. The number of carbonyl (C=O) groups is 2. The molecule has 0 heterocycles. The van der Waals surface area contributed by atoms with Crippen LogP contribution in [-0.4, -0.2) is 22.5 Å². The third kappa shape index (κ3) is 4.87. The molecule has 25 heavy (non-hydrogen) atoms. The van der Waals surface area contributed by atoms with Crippen molar-refractivity contribution < 1.29 is 9.59 Å². The summed E-state index contributed by atoms with van der Waals surface area (Å²) in [6.07, 6.45) is 0. The monoisotopic (exact) mass is 379 g/mol. The van der Waals surface area contributed by atoms with Crippen LogP contribution < -0.4 is 10.7 Å². The Kier molecular flexibility index (Phi) is 5.93. The Morgan fingerprint density at radius 1 is 0.960 bits per heavy atom. The lowest BCUT2D eigenvalue weighted by molar-refractivity contribution is 0.0687. The quantitative estimate of drug-likeness (QED) is 0.723. The van der Waals surface area contributed by atoms with Gasteiger partial charge in [-0.3, -0.25) is 10.2 Å². The van der Waals surface area contributed by atoms with E-state index in [4.69, 9.17) is 23.2 Å². The Labute approximate surface area is 156 Å². The van der Waals surface area contributed by atoms with Gasteiger partial charge < -0.3 is 5.32 Å². The normalized spacial score (nSPS) is 10.9. The third-order valence-corrected chi connectivity index (χ3v) is 4.14. The highest BCUT2D eigenvalue weighted by atomic mass is 35.5. The number of halogens is 2. The number of carbonyl (C=O) groups excluding carboxylic acids is 2. The van der Waals surface area contributed by atoms with Crippen molar-refractivity contribution in [3.63, 3.8) is 0 Å². The first-order valence-corrected chi connectivity index (χ1v) is 8.37. The van der Waals surface area contributed by atoms with Crippen molar-refractivity contribution in [3.8, 4) is 0 Å². The summed E-state index contributed by atoms with van der Waals surface area (Å²) >= 11 is 12.1. The van der Waals surface area contributed by atoms with Gasteiger partial charge in [0.1, 0.15) is 0 Å². The van der Waals surface area contributed by atoms with E-state index in [2.05, 4.69) is 10.7 Å². The third-order valence-electron chi connectivity index (χ3n) is 3.32. The molecule has 2 N–H and O–H groups in total. The fourth-order valence-corrected chi connectivity index (χ4v) is 2.40. The summed E-state index contributed by atoms with van der Waals surface area (Å²) in [6, 6.07) is 13.1. The molecular formula is C18H19Cl2N3O2. The van der Waals surface area contributed by atoms with Crippen LogP contribution in [0, 0.1) is 0 Å². The Hall–Kier alpha value is -2.24. The number of amides is 3. The molecule has 0 fully saturated rings. The van der Waals surface area contributed by atoms with E-state index < -0.39 is 11.6 Å². The summed E-state index contributed by atoms with van der Waals surface area (Å²) in [5.74, 6) is -0.386. The maximum Gasteiger partial charge on any atom is 0.341 e. The van der Waals surface area contributed by atoms with Crippen molar-refractivity contribution in [3.05, 3.63) is 64.1 Å². The summed E-state index contributed by atoms with van der Waals surface area (Å²) in [6.45, 7) is 5.41. The number of hydrogen-bond donors (Lipinski definition) is 2. The number of hydrogen-bond acceptors (Lipinski definition) is 2. The van der Waals surface area contributed by atoms with E-state index in [1.807, 2.05) is 6.07 Å². The maximum atomic E-state index is 12.7. The first-order chi connectivity index (χ1) is 11.7. The van der Waals surface area contributed by atoms with E-state index in [9.17, 15) is 9.59 Å². The molecule has 2 rings (SSSR count). The molecule has 0 unspecified atom stereocenters. The highest BCUT2D eigenvalue weighted by Gasteiger charge is 2.29. The molecule has 0 atom stereocenters. The molecule has 0 aliphatic carbocycles. The van der Waals surface area contributed by atoms with E-state index >= 15 is 0 Å². The van der Waals surface area contributed by atoms with Crippen LogP contribution in [0.1, 0.15) is 31.1 Å². The van der Waals surface area contributed by atoms with Gasteiger partial charge in [-0.25, -0.2) is 9.80 Å². The summed E-state index contributed by atoms with van der Waals surface area (Å²) in [5, 5.41) is 4.46. The van der Waals surface area contributed by atoms with E-state index in [0.717, 1.165) is 0 Å². The van der Waals surface area contributed by atoms with Crippen molar-refractivity contribution in [2.75, 3.05) is 5.32 Å². The SMILES string of the molecule is CC(C)(C)N(NC(=O)c1ccccc1)C(=O)Nc1cccc(Cl)c1Cl. The van der Waals surface area contributed by atoms with E-state index in [0.29, 0.717) is 16.3 Å². The molecule has 2 aromatic rings. The predicted octanol–water partition coefficient (Wildman–Crippen LogP) is 4.97. The van der Waals surface area contributed by atoms with Gasteiger partial charge in [-0.1, -0.05) is 47.5 Å². The molecule has 5 nitrogen and oxygen atoms in total. The topological polar surface area (TPSA) is 61.4 Å². The van der Waals surface area contributed by atoms with Gasteiger partial charge >= 0.3 is 6.03 Å². The van der Waals surface area contributed by atoms with Crippen LogP contribution in [0.3, 0.4) is 0 Å². The van der Waals surface area contributed by atoms with E-state index in [1.54, 1.807) is 63.2 Å². The second kappa shape index (κ2) is 7.76. The second-order valence-corrected chi connectivity index (χ2v) is 7.13. The molecule has 7 heteroatoms. The van der Waals surface area contributed by atoms with Crippen molar-refractivity contribution in [1.82, 2.24) is 10.4 Å². The Morgan fingerprint density at radius 3 is 2.20 bits per heavy atom. The van der Waals surface area contributed by atoms with Gasteiger partial charge in [0, 0.05) is 5.56 Å². The zero-order valence-corrected chi connectivity index (χ0v) is 15.7. The summed E-state index contributed by atoms with van der Waals surface area (Å²) in [7, 11) is 0. The molecule has 2 aromatic carbocycles. The van der Waals surface area contributed by atoms with Crippen LogP contribution in [0.15, 0.2) is 48.5 Å². The lowest BCUT2D eigenvalue weighted by atomic mass is 10.1. The van der Waals surface area contributed by atoms with Gasteiger partial charge in [0.15, 0.2) is 0 Å². The second-order valence-electron chi connectivity index (χ2n) is 6.34. The average Bonchev–Trinajstić information content (AvgIpc) is 2.56. The van der Waals surface area contributed by atoms with Gasteiger partial charge in [0.05, 0.1) is 21.3 Å². The van der Waals surface area contributed by atoms with E-state index in [-0.39, 0.29) is 10.9 Å². The summed E-state index contributed by atoms with van der Waals surface area (Å²) in [4.78, 5) is 25.1. The molecule has 0 saturated carbocycles. The number of nitrogens with zero attached hydrogens (tertiary/aromatic N) is 1. The smallest absolute Gasteiger partial charge is 0.305 e. The van der Waals surface area contributed by atoms with Gasteiger partial charge in [0.25, 0.3) is 5.91 Å². The zero-order valence-electron chi connectivity index (χ0n) is 14.1. The number of benzene rings is 2. The lowest BCUT2D eigenvalue weighted by Gasteiger charge is -2.35. The molecule has 0 aliphatic rings. The van der Waals surface area contributed by atoms with Crippen LogP contribution in [0.2, 0.25) is 10.0 Å². The minimum atomic E-state index is -0.667. The Bertz CT molecular complexity index is 774. The molecule has 0 radical (unpaired) electrons. The highest BCUT2D eigenvalue weighted by molar-refractivity contribution is 6.43. The van der Waals surface area contributed by atoms with Crippen LogP contribution in [0.4, 0.5) is 10.5 Å². The number of hydrazine groups is 1. The number of anilines is 1. The van der Waals surface area contributed by atoms with Gasteiger partial charge in [0.2, 0.25) is 0 Å². The Morgan fingerprint density at radius 2 is 1.60 bits per heavy atom. The first-order valence-electron chi connectivity index (χ1n) is 7.61. The predicted molar refractivity (Wildman–Crippen MR) is 101 cm³/mol. The molecule has 3 amide bonds. The largest absolute Gasteiger partial charge is 0.341 e. The molecule has 132 valence electrons. The van der Waals surface area contributed by atoms with Crippen LogP contribution >= 0.6 is 23.2 Å². The Balaban J connectivity index is 2.21. The minimum absolute atomic E-state index is 0.237. The number of rotatable bonds is 2. The molecular weight excluding hydrogens is 361 g/mol. The van der Waals surface area contributed by atoms with Crippen LogP contribution in [-0.2, 0) is 0 Å². The average molecular weight is 380 g/mol. The fraction of sp³-hybridized carbons (Fsp3) is 0.222. The van der Waals surface area contributed by atoms with E-state index in [1.165, 1.54) is 5.01 Å². The standard InChI is InChI=1S/C18H19Cl2N3O2/c1-18(2,3)23(22-16(24)12-8-5-4-6-9-12)17(25)21-14-11-7-10-13(19)15(14)20/h4-11H,1-3H3,(H,21,25)(H,22,24). The maximum absolute atomic E-state index is 12.7. The molecule has 0 bridgehead atoms.